The lowest BCUT2D eigenvalue weighted by atomic mass is 10.1. The fourth-order valence-electron chi connectivity index (χ4n) is 3.35. The Kier molecular flexibility index (Phi) is 11.4. The zero-order valence-electron chi connectivity index (χ0n) is 21.4. The lowest BCUT2D eigenvalue weighted by molar-refractivity contribution is -0.136. The van der Waals surface area contributed by atoms with Crippen molar-refractivity contribution in [3.8, 4) is 27.4 Å². The number of thiophene rings is 1. The number of aromatic nitrogens is 1. The second-order valence-electron chi connectivity index (χ2n) is 7.56. The maximum absolute atomic E-state index is 15.0. The van der Waals surface area contributed by atoms with Crippen LogP contribution in [0.4, 0.5) is 23.2 Å². The van der Waals surface area contributed by atoms with E-state index in [9.17, 15) is 27.2 Å². The first kappa shape index (κ1) is 30.5. The van der Waals surface area contributed by atoms with Gasteiger partial charge in [0.05, 0.1) is 12.3 Å². The Morgan fingerprint density at radius 1 is 1.16 bits per heavy atom. The van der Waals surface area contributed by atoms with Crippen molar-refractivity contribution < 1.29 is 27.1 Å². The van der Waals surface area contributed by atoms with Crippen LogP contribution in [0.5, 0.6) is 5.75 Å². The fraction of sp³-hybridized carbons (Fsp3) is 0.360. The number of anilines is 1. The van der Waals surface area contributed by atoms with Gasteiger partial charge in [-0.15, -0.1) is 11.3 Å². The van der Waals surface area contributed by atoms with Gasteiger partial charge in [-0.05, 0) is 53.6 Å². The molecule has 0 atom stereocenters. The minimum Gasteiger partial charge on any atom is -0.493 e. The highest BCUT2D eigenvalue weighted by Gasteiger charge is 2.26. The Morgan fingerprint density at radius 2 is 1.89 bits per heavy atom. The maximum atomic E-state index is 15.0. The molecule has 0 bridgehead atoms. The number of hydrogen-bond donors (Lipinski definition) is 2. The van der Waals surface area contributed by atoms with Crippen LogP contribution in [-0.4, -0.2) is 31.2 Å². The molecule has 0 aliphatic rings. The van der Waals surface area contributed by atoms with Crippen LogP contribution in [0.3, 0.4) is 0 Å². The number of rotatable bonds is 11. The molecular formula is C25H29F4N5O3S. The van der Waals surface area contributed by atoms with Gasteiger partial charge in [0.1, 0.15) is 17.3 Å². The Hall–Kier alpha value is -3.74. The molecule has 0 saturated heterocycles. The molecule has 2 heterocycles. The molecule has 0 fully saturated rings. The first-order valence-corrected chi connectivity index (χ1v) is 12.6. The molecule has 13 heteroatoms. The zero-order valence-corrected chi connectivity index (χ0v) is 22.2. The number of halogens is 4. The van der Waals surface area contributed by atoms with E-state index in [0.29, 0.717) is 12.0 Å². The van der Waals surface area contributed by atoms with Crippen LogP contribution in [-0.2, 0) is 11.2 Å². The number of nitrogens with zero attached hydrogens (tertiary/aromatic N) is 3. The molecule has 3 aromatic rings. The number of aryl methyl sites for hydroxylation is 1. The van der Waals surface area contributed by atoms with Crippen LogP contribution in [0.25, 0.3) is 21.7 Å². The quantitative estimate of drug-likeness (QED) is 0.0906. The molecule has 0 aliphatic carbocycles. The SMILES string of the molecule is CC.CCc1ccc(-c2cc(-c3ccc(OCCCC(F)(F)F)cc3F)[nH]c(=O)c2N(C)/N=N\NC=O)s1. The number of carbonyl (C=O) groups excluding carboxylic acids is 1. The van der Waals surface area contributed by atoms with Gasteiger partial charge in [-0.3, -0.25) is 9.59 Å². The Morgan fingerprint density at radius 3 is 2.50 bits per heavy atom. The highest BCUT2D eigenvalue weighted by Crippen LogP contribution is 2.36. The third kappa shape index (κ3) is 8.40. The molecule has 0 saturated carbocycles. The van der Waals surface area contributed by atoms with E-state index in [-0.39, 0.29) is 35.7 Å². The van der Waals surface area contributed by atoms with Crippen molar-refractivity contribution in [2.45, 2.75) is 46.2 Å². The average molecular weight is 556 g/mol. The Bertz CT molecular complexity index is 1290. The van der Waals surface area contributed by atoms with Gasteiger partial charge < -0.3 is 9.72 Å². The summed E-state index contributed by atoms with van der Waals surface area (Å²) in [5.74, 6) is -0.646. The number of ether oxygens (including phenoxy) is 1. The molecule has 0 aliphatic heterocycles. The molecule has 1 amide bonds. The van der Waals surface area contributed by atoms with Crippen molar-refractivity contribution in [3.05, 3.63) is 57.4 Å². The van der Waals surface area contributed by atoms with E-state index in [2.05, 4.69) is 15.4 Å². The van der Waals surface area contributed by atoms with E-state index >= 15 is 0 Å². The van der Waals surface area contributed by atoms with Crippen LogP contribution in [0.2, 0.25) is 0 Å². The van der Waals surface area contributed by atoms with Crippen molar-refractivity contribution in [1.29, 1.82) is 0 Å². The fourth-order valence-corrected chi connectivity index (χ4v) is 4.31. The van der Waals surface area contributed by atoms with Crippen molar-refractivity contribution in [1.82, 2.24) is 10.4 Å². The minimum atomic E-state index is -4.28. The predicted octanol–water partition coefficient (Wildman–Crippen LogP) is 6.68. The number of alkyl halides is 3. The van der Waals surface area contributed by atoms with Crippen molar-refractivity contribution in [3.63, 3.8) is 0 Å². The van der Waals surface area contributed by atoms with Gasteiger partial charge in [0.25, 0.3) is 5.56 Å². The average Bonchev–Trinajstić information content (AvgIpc) is 3.36. The monoisotopic (exact) mass is 555 g/mol. The molecule has 38 heavy (non-hydrogen) atoms. The lowest BCUT2D eigenvalue weighted by Gasteiger charge is -2.16. The molecule has 3 rings (SSSR count). The minimum absolute atomic E-state index is 0.0710. The Balaban J connectivity index is 0.00000247. The summed E-state index contributed by atoms with van der Waals surface area (Å²) in [6, 6.07) is 9.22. The highest BCUT2D eigenvalue weighted by molar-refractivity contribution is 7.15. The van der Waals surface area contributed by atoms with Crippen molar-refractivity contribution >= 4 is 23.4 Å². The number of benzene rings is 1. The van der Waals surface area contributed by atoms with Gasteiger partial charge in [-0.2, -0.15) is 13.2 Å². The van der Waals surface area contributed by atoms with Crippen molar-refractivity contribution in [2.75, 3.05) is 18.7 Å². The normalized spacial score (nSPS) is 11.2. The van der Waals surface area contributed by atoms with Gasteiger partial charge in [-0.25, -0.2) is 14.8 Å². The second kappa shape index (κ2) is 14.3. The number of amides is 1. The summed E-state index contributed by atoms with van der Waals surface area (Å²) in [5.41, 5.74) is 2.30. The van der Waals surface area contributed by atoms with Crippen LogP contribution in [0.1, 0.15) is 38.5 Å². The Labute approximate surface area is 221 Å². The predicted molar refractivity (Wildman–Crippen MR) is 140 cm³/mol. The summed E-state index contributed by atoms with van der Waals surface area (Å²) in [6.45, 7) is 5.78. The summed E-state index contributed by atoms with van der Waals surface area (Å²) in [5, 5.41) is 8.43. The van der Waals surface area contributed by atoms with Gasteiger partial charge in [-0.1, -0.05) is 20.8 Å². The van der Waals surface area contributed by atoms with E-state index < -0.39 is 24.0 Å². The summed E-state index contributed by atoms with van der Waals surface area (Å²) >= 11 is 1.46. The molecule has 206 valence electrons. The molecule has 2 N–H and O–H groups in total. The van der Waals surface area contributed by atoms with Crippen LogP contribution >= 0.6 is 11.3 Å². The molecule has 1 aromatic carbocycles. The van der Waals surface area contributed by atoms with Gasteiger partial charge in [0.15, 0.2) is 0 Å². The van der Waals surface area contributed by atoms with E-state index in [1.165, 1.54) is 35.5 Å². The number of carbonyl (C=O) groups is 1. The van der Waals surface area contributed by atoms with Crippen LogP contribution < -0.4 is 20.7 Å². The first-order valence-electron chi connectivity index (χ1n) is 11.8. The van der Waals surface area contributed by atoms with Crippen molar-refractivity contribution in [2.24, 2.45) is 10.4 Å². The largest absolute Gasteiger partial charge is 0.493 e. The zero-order chi connectivity index (χ0) is 28.3. The molecule has 0 unspecified atom stereocenters. The molecular weight excluding hydrogens is 526 g/mol. The molecule has 2 aromatic heterocycles. The topological polar surface area (TPSA) is 99.2 Å². The van der Waals surface area contributed by atoms with Gasteiger partial charge >= 0.3 is 6.18 Å². The third-order valence-corrected chi connectivity index (χ3v) is 6.26. The van der Waals surface area contributed by atoms with E-state index in [4.69, 9.17) is 4.74 Å². The maximum Gasteiger partial charge on any atom is 0.389 e. The number of nitrogens with one attached hydrogen (secondary N) is 2. The molecule has 0 radical (unpaired) electrons. The van der Waals surface area contributed by atoms with E-state index in [1.807, 2.05) is 38.3 Å². The molecule has 8 nitrogen and oxygen atoms in total. The van der Waals surface area contributed by atoms with E-state index in [1.54, 1.807) is 6.07 Å². The number of pyridine rings is 1. The summed E-state index contributed by atoms with van der Waals surface area (Å²) in [4.78, 5) is 28.0. The number of hydrogen-bond acceptors (Lipinski definition) is 6. The van der Waals surface area contributed by atoms with Crippen LogP contribution in [0.15, 0.2) is 51.6 Å². The van der Waals surface area contributed by atoms with E-state index in [0.717, 1.165) is 22.2 Å². The number of H-pyrrole nitrogens is 1. The summed E-state index contributed by atoms with van der Waals surface area (Å²) < 4.78 is 57.0. The number of aromatic amines is 1. The van der Waals surface area contributed by atoms with Gasteiger partial charge in [0.2, 0.25) is 6.41 Å². The second-order valence-corrected chi connectivity index (χ2v) is 8.73. The standard InChI is InChI=1S/C23H23F4N5O3S.C2H6/c1-3-15-6-8-20(36-15)17-12-19(29-22(34)21(17)32(2)31-30-28-13-33)16-7-5-14(11-18(16)24)35-10-4-9-23(25,26)27;1-2/h5-8,11-13H,3-4,9-10H2,1-2H3,(H,29,34)(H,28,31,33);1-2H3. The lowest BCUT2D eigenvalue weighted by Crippen LogP contribution is -2.22. The highest BCUT2D eigenvalue weighted by atomic mass is 32.1. The van der Waals surface area contributed by atoms with Crippen LogP contribution in [0, 0.1) is 5.82 Å². The molecule has 0 spiro atoms. The smallest absolute Gasteiger partial charge is 0.389 e. The summed E-state index contributed by atoms with van der Waals surface area (Å²) in [7, 11) is 1.48. The summed E-state index contributed by atoms with van der Waals surface area (Å²) in [6.07, 6.45) is -4.42. The first-order chi connectivity index (χ1) is 18.1. The van der Waals surface area contributed by atoms with Gasteiger partial charge in [0, 0.05) is 40.4 Å². The third-order valence-electron chi connectivity index (χ3n) is 5.00.